The quantitative estimate of drug-likeness (QED) is 0.733. The van der Waals surface area contributed by atoms with Gasteiger partial charge in [0.1, 0.15) is 0 Å². The maximum Gasteiger partial charge on any atom is 0.222 e. The molecule has 0 saturated heterocycles. The van der Waals surface area contributed by atoms with Gasteiger partial charge in [-0.15, -0.1) is 0 Å². The van der Waals surface area contributed by atoms with Crippen molar-refractivity contribution in [1.82, 2.24) is 0 Å². The van der Waals surface area contributed by atoms with E-state index in [1.165, 1.54) is 5.56 Å². The molecule has 0 heterocycles. The Balaban J connectivity index is 2.67. The highest BCUT2D eigenvalue weighted by Crippen LogP contribution is 2.09. The normalized spacial score (nSPS) is 12.4. The van der Waals surface area contributed by atoms with Crippen LogP contribution in [0.3, 0.4) is 0 Å². The molecular formula is C11H16N2O. The second-order valence-electron chi connectivity index (χ2n) is 3.52. The fraction of sp³-hybridized carbons (Fsp3) is 0.364. The van der Waals surface area contributed by atoms with Crippen LogP contribution in [0.4, 0.5) is 0 Å². The number of benzene rings is 1. The van der Waals surface area contributed by atoms with E-state index in [-0.39, 0.29) is 11.8 Å². The van der Waals surface area contributed by atoms with Crippen molar-refractivity contribution in [1.29, 1.82) is 0 Å². The molecule has 76 valence electrons. The molecule has 0 fully saturated rings. The lowest BCUT2D eigenvalue weighted by molar-refractivity contribution is -0.121. The van der Waals surface area contributed by atoms with Crippen molar-refractivity contribution in [2.24, 2.45) is 17.4 Å². The van der Waals surface area contributed by atoms with Crippen molar-refractivity contribution in [3.05, 3.63) is 35.4 Å². The van der Waals surface area contributed by atoms with Crippen LogP contribution in [0.15, 0.2) is 24.3 Å². The Morgan fingerprint density at radius 1 is 1.36 bits per heavy atom. The number of hydrogen-bond acceptors (Lipinski definition) is 2. The molecule has 4 N–H and O–H groups in total. The summed E-state index contributed by atoms with van der Waals surface area (Å²) in [5, 5.41) is 0. The molecule has 0 aliphatic heterocycles. The van der Waals surface area contributed by atoms with Gasteiger partial charge in [-0.25, -0.2) is 0 Å². The van der Waals surface area contributed by atoms with Crippen molar-refractivity contribution in [2.45, 2.75) is 13.3 Å². The van der Waals surface area contributed by atoms with Crippen molar-refractivity contribution in [3.63, 3.8) is 0 Å². The van der Waals surface area contributed by atoms with Gasteiger partial charge in [-0.2, -0.15) is 0 Å². The topological polar surface area (TPSA) is 69.1 Å². The number of primary amides is 1. The minimum Gasteiger partial charge on any atom is -0.369 e. The van der Waals surface area contributed by atoms with Crippen LogP contribution in [0.25, 0.3) is 0 Å². The van der Waals surface area contributed by atoms with Gasteiger partial charge < -0.3 is 11.5 Å². The first-order valence-electron chi connectivity index (χ1n) is 4.68. The number of aryl methyl sites for hydroxylation is 1. The molecule has 1 atom stereocenters. The SMILES string of the molecule is Cc1ccc(CC(CN)C(N)=O)cc1. The van der Waals surface area contributed by atoms with E-state index in [9.17, 15) is 4.79 Å². The summed E-state index contributed by atoms with van der Waals surface area (Å²) in [7, 11) is 0. The van der Waals surface area contributed by atoms with Crippen molar-refractivity contribution < 1.29 is 4.79 Å². The van der Waals surface area contributed by atoms with E-state index in [2.05, 4.69) is 0 Å². The van der Waals surface area contributed by atoms with Crippen molar-refractivity contribution in [2.75, 3.05) is 6.54 Å². The standard InChI is InChI=1S/C11H16N2O/c1-8-2-4-9(5-3-8)6-10(7-12)11(13)14/h2-5,10H,6-7,12H2,1H3,(H2,13,14). The average Bonchev–Trinajstić information content (AvgIpc) is 2.16. The highest BCUT2D eigenvalue weighted by molar-refractivity contribution is 5.77. The first kappa shape index (κ1) is 10.7. The van der Waals surface area contributed by atoms with E-state index in [1.807, 2.05) is 31.2 Å². The Kier molecular flexibility index (Phi) is 3.65. The molecule has 0 spiro atoms. The summed E-state index contributed by atoms with van der Waals surface area (Å²) in [5.41, 5.74) is 13.0. The maximum absolute atomic E-state index is 10.9. The third kappa shape index (κ3) is 2.85. The summed E-state index contributed by atoms with van der Waals surface area (Å²) in [6, 6.07) is 8.04. The van der Waals surface area contributed by atoms with Gasteiger partial charge in [-0.3, -0.25) is 4.79 Å². The zero-order valence-electron chi connectivity index (χ0n) is 8.36. The Labute approximate surface area is 84.1 Å². The van der Waals surface area contributed by atoms with E-state index in [0.29, 0.717) is 13.0 Å². The maximum atomic E-state index is 10.9. The van der Waals surface area contributed by atoms with E-state index in [1.54, 1.807) is 0 Å². The van der Waals surface area contributed by atoms with E-state index < -0.39 is 0 Å². The summed E-state index contributed by atoms with van der Waals surface area (Å²) in [4.78, 5) is 10.9. The predicted molar refractivity (Wildman–Crippen MR) is 56.6 cm³/mol. The molecular weight excluding hydrogens is 176 g/mol. The van der Waals surface area contributed by atoms with Gasteiger partial charge in [0, 0.05) is 6.54 Å². The van der Waals surface area contributed by atoms with Gasteiger partial charge in [-0.1, -0.05) is 29.8 Å². The Bertz CT molecular complexity index is 306. The number of carbonyl (C=O) groups is 1. The van der Waals surface area contributed by atoms with Gasteiger partial charge in [-0.05, 0) is 18.9 Å². The Morgan fingerprint density at radius 2 is 1.93 bits per heavy atom. The van der Waals surface area contributed by atoms with Crippen LogP contribution in [0.5, 0.6) is 0 Å². The molecule has 3 heteroatoms. The third-order valence-corrected chi connectivity index (χ3v) is 2.29. The highest BCUT2D eigenvalue weighted by atomic mass is 16.1. The molecule has 3 nitrogen and oxygen atoms in total. The number of amides is 1. The van der Waals surface area contributed by atoms with Gasteiger partial charge in [0.15, 0.2) is 0 Å². The molecule has 1 aromatic rings. The molecule has 0 radical (unpaired) electrons. The zero-order valence-corrected chi connectivity index (χ0v) is 8.36. The molecule has 14 heavy (non-hydrogen) atoms. The van der Waals surface area contributed by atoms with Crippen LogP contribution in [-0.2, 0) is 11.2 Å². The molecule has 0 bridgehead atoms. The first-order chi connectivity index (χ1) is 6.63. The average molecular weight is 192 g/mol. The number of carbonyl (C=O) groups excluding carboxylic acids is 1. The number of nitrogens with two attached hydrogens (primary N) is 2. The minimum absolute atomic E-state index is 0.252. The fourth-order valence-corrected chi connectivity index (χ4v) is 1.31. The molecule has 1 rings (SSSR count). The minimum atomic E-state index is -0.326. The van der Waals surface area contributed by atoms with Gasteiger partial charge in [0.25, 0.3) is 0 Å². The second-order valence-corrected chi connectivity index (χ2v) is 3.52. The second kappa shape index (κ2) is 4.77. The lowest BCUT2D eigenvalue weighted by atomic mass is 9.98. The van der Waals surface area contributed by atoms with Crippen LogP contribution in [0.2, 0.25) is 0 Å². The zero-order chi connectivity index (χ0) is 10.6. The molecule has 0 aliphatic carbocycles. The summed E-state index contributed by atoms with van der Waals surface area (Å²) in [5.74, 6) is -0.578. The van der Waals surface area contributed by atoms with Crippen LogP contribution < -0.4 is 11.5 Å². The number of hydrogen-bond donors (Lipinski definition) is 2. The van der Waals surface area contributed by atoms with E-state index in [0.717, 1.165) is 5.56 Å². The summed E-state index contributed by atoms with van der Waals surface area (Å²) < 4.78 is 0. The van der Waals surface area contributed by atoms with Crippen LogP contribution in [0, 0.1) is 12.8 Å². The summed E-state index contributed by atoms with van der Waals surface area (Å²) >= 11 is 0. The lowest BCUT2D eigenvalue weighted by Crippen LogP contribution is -2.31. The monoisotopic (exact) mass is 192 g/mol. The molecule has 0 saturated carbocycles. The van der Waals surface area contributed by atoms with Crippen LogP contribution >= 0.6 is 0 Å². The summed E-state index contributed by atoms with van der Waals surface area (Å²) in [6.45, 7) is 2.33. The number of rotatable bonds is 4. The molecule has 1 unspecified atom stereocenters. The van der Waals surface area contributed by atoms with Gasteiger partial charge >= 0.3 is 0 Å². The smallest absolute Gasteiger partial charge is 0.222 e. The van der Waals surface area contributed by atoms with Crippen LogP contribution in [-0.4, -0.2) is 12.5 Å². The van der Waals surface area contributed by atoms with Crippen molar-refractivity contribution in [3.8, 4) is 0 Å². The highest BCUT2D eigenvalue weighted by Gasteiger charge is 2.13. The lowest BCUT2D eigenvalue weighted by Gasteiger charge is -2.10. The molecule has 0 aliphatic rings. The van der Waals surface area contributed by atoms with E-state index in [4.69, 9.17) is 11.5 Å². The molecule has 1 aromatic carbocycles. The van der Waals surface area contributed by atoms with Crippen molar-refractivity contribution >= 4 is 5.91 Å². The summed E-state index contributed by atoms with van der Waals surface area (Å²) in [6.07, 6.45) is 0.631. The van der Waals surface area contributed by atoms with E-state index >= 15 is 0 Å². The Morgan fingerprint density at radius 3 is 2.36 bits per heavy atom. The first-order valence-corrected chi connectivity index (χ1v) is 4.68. The molecule has 1 amide bonds. The Hall–Kier alpha value is -1.35. The van der Waals surface area contributed by atoms with Crippen LogP contribution in [0.1, 0.15) is 11.1 Å². The predicted octanol–water partition coefficient (Wildman–Crippen LogP) is 0.598. The molecule has 0 aromatic heterocycles. The van der Waals surface area contributed by atoms with Gasteiger partial charge in [0.2, 0.25) is 5.91 Å². The van der Waals surface area contributed by atoms with Gasteiger partial charge in [0.05, 0.1) is 5.92 Å². The fourth-order valence-electron chi connectivity index (χ4n) is 1.31. The third-order valence-electron chi connectivity index (χ3n) is 2.29. The largest absolute Gasteiger partial charge is 0.369 e.